The van der Waals surface area contributed by atoms with Crippen molar-refractivity contribution in [2.75, 3.05) is 10.6 Å². The van der Waals surface area contributed by atoms with Crippen molar-refractivity contribution in [3.63, 3.8) is 0 Å². The van der Waals surface area contributed by atoms with Gasteiger partial charge in [0.15, 0.2) is 0 Å². The fourth-order valence-electron chi connectivity index (χ4n) is 3.35. The number of hydrogen-bond donors (Lipinski definition) is 4. The lowest BCUT2D eigenvalue weighted by molar-refractivity contribution is -0.125. The number of H-pyrrole nitrogens is 1. The Morgan fingerprint density at radius 3 is 2.47 bits per heavy atom. The van der Waals surface area contributed by atoms with Crippen LogP contribution in [-0.4, -0.2) is 27.3 Å². The smallest absolute Gasteiger partial charge is 0.253 e. The molecule has 0 bridgehead atoms. The molecule has 0 radical (unpaired) electrons. The third-order valence-corrected chi connectivity index (χ3v) is 5.14. The monoisotopic (exact) mass is 426 g/mol. The maximum Gasteiger partial charge on any atom is 0.253 e. The fourth-order valence-corrected chi connectivity index (χ4v) is 3.35. The number of nitrogens with one attached hydrogen (secondary N) is 3. The highest BCUT2D eigenvalue weighted by Crippen LogP contribution is 2.25. The minimum atomic E-state index is -1.04. The first-order valence-corrected chi connectivity index (χ1v) is 10.6. The molecule has 1 atom stereocenters. The number of carbonyl (C=O) groups excluding carboxylic acids is 1. The Labute approximate surface area is 187 Å². The number of anilines is 3. The molecular formula is C26H26N4O2. The fraction of sp³-hybridized carbons (Fsp3) is 0.154. The summed E-state index contributed by atoms with van der Waals surface area (Å²) in [6.07, 6.45) is 3.00. The molecule has 4 N–H and O–H groups in total. The average Bonchev–Trinajstić information content (AvgIpc) is 3.20. The summed E-state index contributed by atoms with van der Waals surface area (Å²) in [6, 6.07) is 23.5. The molecule has 32 heavy (non-hydrogen) atoms. The maximum atomic E-state index is 12.1. The van der Waals surface area contributed by atoms with Crippen molar-refractivity contribution < 1.29 is 9.90 Å². The highest BCUT2D eigenvalue weighted by Gasteiger charge is 2.18. The number of amides is 1. The van der Waals surface area contributed by atoms with Crippen LogP contribution in [0.3, 0.4) is 0 Å². The summed E-state index contributed by atoms with van der Waals surface area (Å²) in [5.74, 6) is -0.558. The van der Waals surface area contributed by atoms with Gasteiger partial charge in [0.05, 0.1) is 11.2 Å². The minimum Gasteiger partial charge on any atom is -0.383 e. The van der Waals surface area contributed by atoms with Crippen LogP contribution in [-0.2, 0) is 4.79 Å². The van der Waals surface area contributed by atoms with Crippen LogP contribution in [0.4, 0.5) is 17.1 Å². The quantitative estimate of drug-likeness (QED) is 0.317. The van der Waals surface area contributed by atoms with Crippen LogP contribution < -0.4 is 10.6 Å². The van der Waals surface area contributed by atoms with Gasteiger partial charge in [-0.05, 0) is 54.0 Å². The zero-order valence-corrected chi connectivity index (χ0v) is 18.0. The summed E-state index contributed by atoms with van der Waals surface area (Å²) >= 11 is 0. The van der Waals surface area contributed by atoms with Gasteiger partial charge in [0.2, 0.25) is 0 Å². The van der Waals surface area contributed by atoms with E-state index in [0.717, 1.165) is 33.5 Å². The average molecular weight is 427 g/mol. The number of benzene rings is 3. The number of aliphatic hydroxyl groups excluding tert-OH is 1. The van der Waals surface area contributed by atoms with Gasteiger partial charge in [-0.3, -0.25) is 9.89 Å². The molecule has 3 aromatic carbocycles. The van der Waals surface area contributed by atoms with E-state index in [9.17, 15) is 9.90 Å². The topological polar surface area (TPSA) is 90.0 Å². The van der Waals surface area contributed by atoms with Crippen LogP contribution in [0.1, 0.15) is 25.1 Å². The number of fused-ring (bicyclic) bond motifs is 1. The second kappa shape index (κ2) is 9.49. The summed E-state index contributed by atoms with van der Waals surface area (Å²) in [7, 11) is 0. The van der Waals surface area contributed by atoms with Gasteiger partial charge in [-0.1, -0.05) is 56.3 Å². The van der Waals surface area contributed by atoms with E-state index in [1.54, 1.807) is 19.9 Å². The number of hydrogen-bond acceptors (Lipinski definition) is 4. The second-order valence-electron chi connectivity index (χ2n) is 8.00. The molecule has 0 spiro atoms. The van der Waals surface area contributed by atoms with Gasteiger partial charge in [-0.25, -0.2) is 0 Å². The molecule has 4 rings (SSSR count). The molecule has 162 valence electrons. The molecule has 1 aromatic heterocycles. The summed E-state index contributed by atoms with van der Waals surface area (Å²) in [5.41, 5.74) is 5.26. The second-order valence-corrected chi connectivity index (χ2v) is 8.00. The third-order valence-electron chi connectivity index (χ3n) is 5.14. The van der Waals surface area contributed by atoms with Crippen molar-refractivity contribution in [1.29, 1.82) is 0 Å². The van der Waals surface area contributed by atoms with Crippen molar-refractivity contribution in [3.05, 3.63) is 84.1 Å². The lowest BCUT2D eigenvalue weighted by Crippen LogP contribution is -2.31. The number of nitrogens with zero attached hydrogens (tertiary/aromatic N) is 1. The van der Waals surface area contributed by atoms with E-state index in [0.29, 0.717) is 5.69 Å². The van der Waals surface area contributed by atoms with E-state index >= 15 is 0 Å². The molecule has 1 amide bonds. The van der Waals surface area contributed by atoms with Crippen molar-refractivity contribution >= 4 is 46.0 Å². The number of aliphatic hydroxyl groups is 1. The third kappa shape index (κ3) is 5.04. The first kappa shape index (κ1) is 21.3. The van der Waals surface area contributed by atoms with E-state index in [1.807, 2.05) is 78.9 Å². The summed E-state index contributed by atoms with van der Waals surface area (Å²) in [6.45, 7) is 3.60. The Bertz CT molecular complexity index is 1250. The van der Waals surface area contributed by atoms with Crippen LogP contribution in [0, 0.1) is 5.92 Å². The number of rotatable bonds is 7. The molecule has 6 heteroatoms. The highest BCUT2D eigenvalue weighted by atomic mass is 16.3. The summed E-state index contributed by atoms with van der Waals surface area (Å²) < 4.78 is 0. The normalized spacial score (nSPS) is 12.4. The SMILES string of the molecule is CC(C)[C@@H](O)C(=O)Nc1cccc(Nc2ccc3c(/C=C/c4ccccc4)n[nH]c3c2)c1. The number of carbonyl (C=O) groups is 1. The molecule has 4 aromatic rings. The van der Waals surface area contributed by atoms with E-state index in [2.05, 4.69) is 20.8 Å². The van der Waals surface area contributed by atoms with Crippen LogP contribution in [0.5, 0.6) is 0 Å². The Morgan fingerprint density at radius 1 is 0.938 bits per heavy atom. The Balaban J connectivity index is 1.48. The van der Waals surface area contributed by atoms with Crippen LogP contribution in [0.2, 0.25) is 0 Å². The van der Waals surface area contributed by atoms with Gasteiger partial charge in [0.25, 0.3) is 5.91 Å². The van der Waals surface area contributed by atoms with E-state index in [-0.39, 0.29) is 5.92 Å². The predicted octanol–water partition coefficient (Wildman–Crippen LogP) is 5.43. The minimum absolute atomic E-state index is 0.148. The molecule has 0 unspecified atom stereocenters. The van der Waals surface area contributed by atoms with Gasteiger partial charge in [-0.15, -0.1) is 0 Å². The molecule has 0 aliphatic rings. The van der Waals surface area contributed by atoms with Gasteiger partial charge in [0, 0.05) is 22.4 Å². The van der Waals surface area contributed by atoms with Gasteiger partial charge in [-0.2, -0.15) is 5.10 Å². The first-order valence-electron chi connectivity index (χ1n) is 10.6. The van der Waals surface area contributed by atoms with Gasteiger partial charge in [0.1, 0.15) is 6.10 Å². The highest BCUT2D eigenvalue weighted by molar-refractivity contribution is 5.95. The molecule has 6 nitrogen and oxygen atoms in total. The van der Waals surface area contributed by atoms with E-state index in [1.165, 1.54) is 0 Å². The zero-order valence-electron chi connectivity index (χ0n) is 18.0. The van der Waals surface area contributed by atoms with Crippen LogP contribution in [0.15, 0.2) is 72.8 Å². The molecular weight excluding hydrogens is 400 g/mol. The standard InChI is InChI=1S/C26H26N4O2/c1-17(2)25(31)26(32)28-20-10-6-9-19(15-20)27-21-12-13-22-23(29-30-24(22)16-21)14-11-18-7-4-3-5-8-18/h3-17,25,27,31H,1-2H3,(H,28,32)(H,29,30)/b14-11+/t25-/m1/s1. The lowest BCUT2D eigenvalue weighted by Gasteiger charge is -2.15. The maximum absolute atomic E-state index is 12.1. The largest absolute Gasteiger partial charge is 0.383 e. The number of aromatic nitrogens is 2. The van der Waals surface area contributed by atoms with Crippen molar-refractivity contribution in [3.8, 4) is 0 Å². The Hall–Kier alpha value is -3.90. The molecule has 1 heterocycles. The molecule has 0 saturated heterocycles. The first-order chi connectivity index (χ1) is 15.5. The number of aromatic amines is 1. The van der Waals surface area contributed by atoms with Gasteiger partial charge >= 0.3 is 0 Å². The van der Waals surface area contributed by atoms with Crippen molar-refractivity contribution in [2.45, 2.75) is 20.0 Å². The van der Waals surface area contributed by atoms with Crippen LogP contribution in [0.25, 0.3) is 23.1 Å². The van der Waals surface area contributed by atoms with Gasteiger partial charge < -0.3 is 15.7 Å². The molecule has 0 aliphatic carbocycles. The Kier molecular flexibility index (Phi) is 6.33. The van der Waals surface area contributed by atoms with E-state index < -0.39 is 12.0 Å². The molecule has 0 aliphatic heterocycles. The van der Waals surface area contributed by atoms with Crippen LogP contribution >= 0.6 is 0 Å². The molecule has 0 saturated carbocycles. The van der Waals surface area contributed by atoms with E-state index in [4.69, 9.17) is 0 Å². The predicted molar refractivity (Wildman–Crippen MR) is 131 cm³/mol. The summed E-state index contributed by atoms with van der Waals surface area (Å²) in [5, 5.41) is 24.6. The molecule has 0 fully saturated rings. The van der Waals surface area contributed by atoms with Crippen molar-refractivity contribution in [1.82, 2.24) is 10.2 Å². The lowest BCUT2D eigenvalue weighted by atomic mass is 10.1. The summed E-state index contributed by atoms with van der Waals surface area (Å²) in [4.78, 5) is 12.1. The Morgan fingerprint density at radius 2 is 1.69 bits per heavy atom. The van der Waals surface area contributed by atoms with Crippen molar-refractivity contribution in [2.24, 2.45) is 5.92 Å². The zero-order chi connectivity index (χ0) is 22.5.